The Kier molecular flexibility index (Phi) is 3.48. The highest BCUT2D eigenvalue weighted by Crippen LogP contribution is 2.32. The molecule has 1 aromatic rings. The van der Waals surface area contributed by atoms with Gasteiger partial charge in [-0.3, -0.25) is 14.9 Å². The number of primary amides is 1. The van der Waals surface area contributed by atoms with E-state index in [1.54, 1.807) is 0 Å². The first-order valence-corrected chi connectivity index (χ1v) is 4.56. The third-order valence-electron chi connectivity index (χ3n) is 1.68. The lowest BCUT2D eigenvalue weighted by atomic mass is 10.1. The molecule has 0 saturated heterocycles. The predicted octanol–water partition coefficient (Wildman–Crippen LogP) is 1.79. The van der Waals surface area contributed by atoms with Crippen molar-refractivity contribution in [1.82, 2.24) is 4.98 Å². The highest BCUT2D eigenvalue weighted by atomic mass is 79.9. The highest BCUT2D eigenvalue weighted by molar-refractivity contribution is 9.10. The van der Waals surface area contributed by atoms with Gasteiger partial charge in [0.25, 0.3) is 12.3 Å². The third kappa shape index (κ3) is 2.13. The van der Waals surface area contributed by atoms with Crippen molar-refractivity contribution in [3.63, 3.8) is 0 Å². The van der Waals surface area contributed by atoms with E-state index in [1.165, 1.54) is 0 Å². The maximum atomic E-state index is 12.4. The van der Waals surface area contributed by atoms with Crippen LogP contribution in [-0.4, -0.2) is 15.8 Å². The van der Waals surface area contributed by atoms with Gasteiger partial charge in [-0.1, -0.05) is 0 Å². The van der Waals surface area contributed by atoms with E-state index in [4.69, 9.17) is 5.73 Å². The molecule has 1 rings (SSSR count). The number of alkyl halides is 2. The number of nitrogens with zero attached hydrogens (tertiary/aromatic N) is 2. The second kappa shape index (κ2) is 4.47. The van der Waals surface area contributed by atoms with Gasteiger partial charge in [0.2, 0.25) is 0 Å². The molecule has 0 spiro atoms. The van der Waals surface area contributed by atoms with Gasteiger partial charge in [-0.05, 0) is 15.9 Å². The zero-order valence-electron chi connectivity index (χ0n) is 7.49. The number of hydrogen-bond donors (Lipinski definition) is 1. The molecule has 1 amide bonds. The van der Waals surface area contributed by atoms with Gasteiger partial charge in [0.15, 0.2) is 0 Å². The van der Waals surface area contributed by atoms with Crippen LogP contribution in [-0.2, 0) is 0 Å². The predicted molar refractivity (Wildman–Crippen MR) is 52.1 cm³/mol. The van der Waals surface area contributed by atoms with Crippen molar-refractivity contribution < 1.29 is 18.5 Å². The molecule has 0 aromatic carbocycles. The molecule has 16 heavy (non-hydrogen) atoms. The Morgan fingerprint density at radius 3 is 2.56 bits per heavy atom. The van der Waals surface area contributed by atoms with E-state index in [1.807, 2.05) is 0 Å². The summed E-state index contributed by atoms with van der Waals surface area (Å²) in [6, 6.07) is 0. The number of nitro groups is 1. The van der Waals surface area contributed by atoms with Crippen LogP contribution < -0.4 is 5.73 Å². The Morgan fingerprint density at radius 2 is 2.19 bits per heavy atom. The van der Waals surface area contributed by atoms with Crippen molar-refractivity contribution in [2.45, 2.75) is 6.43 Å². The molecular formula is C7H4BrF2N3O3. The fourth-order valence-electron chi connectivity index (χ4n) is 1.02. The molecule has 0 bridgehead atoms. The third-order valence-corrected chi connectivity index (χ3v) is 2.48. The van der Waals surface area contributed by atoms with Gasteiger partial charge >= 0.3 is 5.69 Å². The molecule has 0 aliphatic carbocycles. The van der Waals surface area contributed by atoms with Gasteiger partial charge in [0, 0.05) is 0 Å². The summed E-state index contributed by atoms with van der Waals surface area (Å²) in [5, 5.41) is 10.5. The number of pyridine rings is 1. The number of carbonyl (C=O) groups excluding carboxylic acids is 1. The van der Waals surface area contributed by atoms with Crippen LogP contribution in [0.25, 0.3) is 0 Å². The molecule has 1 heterocycles. The normalized spacial score (nSPS) is 10.5. The van der Waals surface area contributed by atoms with Crippen LogP contribution in [0.4, 0.5) is 14.5 Å². The lowest BCUT2D eigenvalue weighted by Gasteiger charge is -2.06. The van der Waals surface area contributed by atoms with Gasteiger partial charge in [0.05, 0.1) is 10.5 Å². The number of amides is 1. The minimum Gasteiger partial charge on any atom is -0.365 e. The summed E-state index contributed by atoms with van der Waals surface area (Å²) < 4.78 is 24.5. The molecule has 0 aliphatic rings. The number of nitrogens with two attached hydrogens (primary N) is 1. The largest absolute Gasteiger partial charge is 0.365 e. The van der Waals surface area contributed by atoms with Crippen molar-refractivity contribution in [3.8, 4) is 0 Å². The van der Waals surface area contributed by atoms with E-state index in [0.29, 0.717) is 6.20 Å². The molecule has 6 nitrogen and oxygen atoms in total. The van der Waals surface area contributed by atoms with Crippen LogP contribution >= 0.6 is 15.9 Å². The lowest BCUT2D eigenvalue weighted by Crippen LogP contribution is -2.17. The van der Waals surface area contributed by atoms with Crippen LogP contribution in [0.3, 0.4) is 0 Å². The number of carbonyl (C=O) groups is 1. The summed E-state index contributed by atoms with van der Waals surface area (Å²) >= 11 is 2.69. The molecule has 0 radical (unpaired) electrons. The van der Waals surface area contributed by atoms with E-state index in [0.717, 1.165) is 0 Å². The quantitative estimate of drug-likeness (QED) is 0.678. The molecule has 0 unspecified atom stereocenters. The average Bonchev–Trinajstić information content (AvgIpc) is 2.15. The van der Waals surface area contributed by atoms with E-state index in [-0.39, 0.29) is 0 Å². The van der Waals surface area contributed by atoms with Crippen LogP contribution in [0, 0.1) is 10.1 Å². The van der Waals surface area contributed by atoms with Crippen molar-refractivity contribution in [3.05, 3.63) is 32.0 Å². The minimum atomic E-state index is -3.04. The fourth-order valence-corrected chi connectivity index (χ4v) is 1.67. The van der Waals surface area contributed by atoms with E-state index in [9.17, 15) is 23.7 Å². The van der Waals surface area contributed by atoms with Gasteiger partial charge in [0.1, 0.15) is 16.4 Å². The first-order chi connectivity index (χ1) is 7.36. The van der Waals surface area contributed by atoms with Gasteiger partial charge in [-0.25, -0.2) is 13.8 Å². The summed E-state index contributed by atoms with van der Waals surface area (Å²) in [6.07, 6.45) is -2.41. The standard InChI is InChI=1S/C7H4BrF2N3O3/c8-4-2(13(15)16)1-12-5(6(9)10)3(4)7(11)14/h1,6H,(H2,11,14). The van der Waals surface area contributed by atoms with Crippen molar-refractivity contribution in [2.24, 2.45) is 5.73 Å². The summed E-state index contributed by atoms with van der Waals surface area (Å²) in [6.45, 7) is 0. The monoisotopic (exact) mass is 295 g/mol. The topological polar surface area (TPSA) is 99.1 Å². The minimum absolute atomic E-state index is 0.393. The SMILES string of the molecule is NC(=O)c1c(C(F)F)ncc([N+](=O)[O-])c1Br. The van der Waals surface area contributed by atoms with Gasteiger partial charge in [-0.2, -0.15) is 0 Å². The first-order valence-electron chi connectivity index (χ1n) is 3.77. The molecule has 1 aromatic heterocycles. The van der Waals surface area contributed by atoms with E-state index < -0.39 is 38.7 Å². The zero-order chi connectivity index (χ0) is 12.5. The number of hydrogen-bond acceptors (Lipinski definition) is 4. The molecule has 86 valence electrons. The van der Waals surface area contributed by atoms with Crippen LogP contribution in [0.1, 0.15) is 22.5 Å². The Bertz CT molecular complexity index is 466. The summed E-state index contributed by atoms with van der Waals surface area (Å²) in [5.41, 5.74) is 2.70. The summed E-state index contributed by atoms with van der Waals surface area (Å²) in [7, 11) is 0. The summed E-state index contributed by atoms with van der Waals surface area (Å²) in [4.78, 5) is 23.7. The Morgan fingerprint density at radius 1 is 1.62 bits per heavy atom. The number of rotatable bonds is 3. The Labute approximate surface area is 95.7 Å². The van der Waals surface area contributed by atoms with Crippen LogP contribution in [0.15, 0.2) is 10.7 Å². The van der Waals surface area contributed by atoms with Crippen LogP contribution in [0.2, 0.25) is 0 Å². The van der Waals surface area contributed by atoms with Gasteiger partial charge in [-0.15, -0.1) is 0 Å². The van der Waals surface area contributed by atoms with Crippen molar-refractivity contribution >= 4 is 27.5 Å². The zero-order valence-corrected chi connectivity index (χ0v) is 9.07. The van der Waals surface area contributed by atoms with Crippen LogP contribution in [0.5, 0.6) is 0 Å². The number of aromatic nitrogens is 1. The molecular weight excluding hydrogens is 292 g/mol. The van der Waals surface area contributed by atoms with Crippen molar-refractivity contribution in [1.29, 1.82) is 0 Å². The molecule has 0 atom stereocenters. The highest BCUT2D eigenvalue weighted by Gasteiger charge is 2.27. The fraction of sp³-hybridized carbons (Fsp3) is 0.143. The molecule has 9 heteroatoms. The van der Waals surface area contributed by atoms with E-state index >= 15 is 0 Å². The summed E-state index contributed by atoms with van der Waals surface area (Å²) in [5.74, 6) is -1.21. The first kappa shape index (κ1) is 12.4. The van der Waals surface area contributed by atoms with E-state index in [2.05, 4.69) is 20.9 Å². The Balaban J connectivity index is 3.54. The average molecular weight is 296 g/mol. The molecule has 0 saturated carbocycles. The maximum absolute atomic E-state index is 12.4. The molecule has 0 aliphatic heterocycles. The van der Waals surface area contributed by atoms with Crippen molar-refractivity contribution in [2.75, 3.05) is 0 Å². The molecule has 2 N–H and O–H groups in total. The maximum Gasteiger partial charge on any atom is 0.302 e. The lowest BCUT2D eigenvalue weighted by molar-refractivity contribution is -0.386. The number of halogens is 3. The second-order valence-electron chi connectivity index (χ2n) is 2.64. The second-order valence-corrected chi connectivity index (χ2v) is 3.43. The smallest absolute Gasteiger partial charge is 0.302 e. The molecule has 0 fully saturated rings. The van der Waals surface area contributed by atoms with Gasteiger partial charge < -0.3 is 5.73 Å². The Hall–Kier alpha value is -1.64.